The average molecular weight is 338 g/mol. The molecule has 1 aromatic rings. The molecule has 0 saturated carbocycles. The SMILES string of the molecule is Cc1ccc(C(=O)N[C@H](C)C(C)C)cc1S(=O)(=O)N1CCCC1. The van der Waals surface area contributed by atoms with E-state index in [0.717, 1.165) is 12.8 Å². The van der Waals surface area contributed by atoms with Crippen LogP contribution in [0, 0.1) is 12.8 Å². The first kappa shape index (κ1) is 17.9. The number of aryl methyl sites for hydroxylation is 1. The van der Waals surface area contributed by atoms with Crippen LogP contribution in [0.2, 0.25) is 0 Å². The Morgan fingerprint density at radius 3 is 2.35 bits per heavy atom. The lowest BCUT2D eigenvalue weighted by atomic mass is 10.1. The van der Waals surface area contributed by atoms with Gasteiger partial charge in [0.2, 0.25) is 10.0 Å². The summed E-state index contributed by atoms with van der Waals surface area (Å²) in [6.45, 7) is 8.89. The molecular formula is C17H26N2O3S. The second-order valence-electron chi connectivity index (χ2n) is 6.60. The van der Waals surface area contributed by atoms with Crippen molar-refractivity contribution in [3.8, 4) is 0 Å². The summed E-state index contributed by atoms with van der Waals surface area (Å²) in [5.41, 5.74) is 1.06. The second kappa shape index (κ2) is 7.01. The van der Waals surface area contributed by atoms with Gasteiger partial charge in [-0.05, 0) is 50.3 Å². The van der Waals surface area contributed by atoms with Crippen molar-refractivity contribution in [3.05, 3.63) is 29.3 Å². The zero-order valence-corrected chi connectivity index (χ0v) is 15.1. The molecule has 0 bridgehead atoms. The molecule has 0 unspecified atom stereocenters. The molecule has 1 fully saturated rings. The topological polar surface area (TPSA) is 66.5 Å². The van der Waals surface area contributed by atoms with Crippen LogP contribution in [0.1, 0.15) is 49.5 Å². The molecule has 0 spiro atoms. The van der Waals surface area contributed by atoms with Gasteiger partial charge in [0.25, 0.3) is 5.91 Å². The molecule has 2 rings (SSSR count). The highest BCUT2D eigenvalue weighted by Crippen LogP contribution is 2.24. The third kappa shape index (κ3) is 3.93. The highest BCUT2D eigenvalue weighted by atomic mass is 32.2. The van der Waals surface area contributed by atoms with Gasteiger partial charge >= 0.3 is 0 Å². The zero-order chi connectivity index (χ0) is 17.2. The van der Waals surface area contributed by atoms with Crippen molar-refractivity contribution in [2.75, 3.05) is 13.1 Å². The van der Waals surface area contributed by atoms with Gasteiger partial charge in [-0.25, -0.2) is 8.42 Å². The van der Waals surface area contributed by atoms with Crippen LogP contribution in [-0.2, 0) is 10.0 Å². The van der Waals surface area contributed by atoms with E-state index in [1.165, 1.54) is 10.4 Å². The van der Waals surface area contributed by atoms with Gasteiger partial charge < -0.3 is 5.32 Å². The maximum atomic E-state index is 12.8. The molecule has 1 aliphatic rings. The molecule has 23 heavy (non-hydrogen) atoms. The van der Waals surface area contributed by atoms with Gasteiger partial charge in [0.05, 0.1) is 4.90 Å². The summed E-state index contributed by atoms with van der Waals surface area (Å²) >= 11 is 0. The third-order valence-electron chi connectivity index (χ3n) is 4.49. The fraction of sp³-hybridized carbons (Fsp3) is 0.588. The normalized spacial score (nSPS) is 17.4. The Kier molecular flexibility index (Phi) is 5.47. The Bertz CT molecular complexity index is 677. The highest BCUT2D eigenvalue weighted by molar-refractivity contribution is 7.89. The molecular weight excluding hydrogens is 312 g/mol. The minimum Gasteiger partial charge on any atom is -0.349 e. The van der Waals surface area contributed by atoms with Crippen molar-refractivity contribution in [1.29, 1.82) is 0 Å². The number of carbonyl (C=O) groups excluding carboxylic acids is 1. The maximum absolute atomic E-state index is 12.8. The Labute approximate surface area is 139 Å². The fourth-order valence-corrected chi connectivity index (χ4v) is 4.31. The van der Waals surface area contributed by atoms with Crippen LogP contribution in [0.3, 0.4) is 0 Å². The van der Waals surface area contributed by atoms with Crippen molar-refractivity contribution in [2.24, 2.45) is 5.92 Å². The quantitative estimate of drug-likeness (QED) is 0.897. The van der Waals surface area contributed by atoms with E-state index in [4.69, 9.17) is 0 Å². The summed E-state index contributed by atoms with van der Waals surface area (Å²) in [5.74, 6) is 0.0845. The number of amides is 1. The third-order valence-corrected chi connectivity index (χ3v) is 6.53. The van der Waals surface area contributed by atoms with Crippen molar-refractivity contribution < 1.29 is 13.2 Å². The molecule has 1 saturated heterocycles. The molecule has 1 aromatic carbocycles. The largest absolute Gasteiger partial charge is 0.349 e. The summed E-state index contributed by atoms with van der Waals surface area (Å²) in [6, 6.07) is 4.92. The second-order valence-corrected chi connectivity index (χ2v) is 8.50. The number of rotatable bonds is 5. The molecule has 0 aromatic heterocycles. The summed E-state index contributed by atoms with van der Waals surface area (Å²) in [5, 5.41) is 2.92. The lowest BCUT2D eigenvalue weighted by molar-refractivity contribution is 0.0930. The number of nitrogens with one attached hydrogen (secondary N) is 1. The molecule has 0 aliphatic carbocycles. The van der Waals surface area contributed by atoms with E-state index < -0.39 is 10.0 Å². The van der Waals surface area contributed by atoms with Crippen LogP contribution in [-0.4, -0.2) is 37.8 Å². The Morgan fingerprint density at radius 1 is 1.17 bits per heavy atom. The number of sulfonamides is 1. The minimum atomic E-state index is -3.52. The smallest absolute Gasteiger partial charge is 0.251 e. The summed E-state index contributed by atoms with van der Waals surface area (Å²) in [6.07, 6.45) is 1.79. The first-order valence-corrected chi connectivity index (χ1v) is 9.59. The van der Waals surface area contributed by atoms with Crippen LogP contribution >= 0.6 is 0 Å². The van der Waals surface area contributed by atoms with Crippen LogP contribution in [0.4, 0.5) is 0 Å². The first-order valence-electron chi connectivity index (χ1n) is 8.15. The molecule has 1 N–H and O–H groups in total. The molecule has 1 heterocycles. The van der Waals surface area contributed by atoms with Crippen molar-refractivity contribution in [3.63, 3.8) is 0 Å². The number of hydrogen-bond donors (Lipinski definition) is 1. The van der Waals surface area contributed by atoms with E-state index >= 15 is 0 Å². The molecule has 1 aliphatic heterocycles. The van der Waals surface area contributed by atoms with Gasteiger partial charge in [-0.15, -0.1) is 0 Å². The molecule has 5 nitrogen and oxygen atoms in total. The van der Waals surface area contributed by atoms with E-state index in [0.29, 0.717) is 30.1 Å². The Morgan fingerprint density at radius 2 is 1.78 bits per heavy atom. The molecule has 0 radical (unpaired) electrons. The highest BCUT2D eigenvalue weighted by Gasteiger charge is 2.29. The van der Waals surface area contributed by atoms with E-state index in [9.17, 15) is 13.2 Å². The van der Waals surface area contributed by atoms with E-state index in [-0.39, 0.29) is 16.8 Å². The molecule has 6 heteroatoms. The van der Waals surface area contributed by atoms with Crippen molar-refractivity contribution in [2.45, 2.75) is 51.5 Å². The van der Waals surface area contributed by atoms with E-state index in [1.807, 2.05) is 20.8 Å². The van der Waals surface area contributed by atoms with Gasteiger partial charge in [-0.1, -0.05) is 19.9 Å². The van der Waals surface area contributed by atoms with Crippen LogP contribution in [0.15, 0.2) is 23.1 Å². The number of hydrogen-bond acceptors (Lipinski definition) is 3. The lowest BCUT2D eigenvalue weighted by Crippen LogP contribution is -2.36. The predicted molar refractivity (Wildman–Crippen MR) is 90.9 cm³/mol. The fourth-order valence-electron chi connectivity index (χ4n) is 2.54. The summed E-state index contributed by atoms with van der Waals surface area (Å²) < 4.78 is 27.0. The predicted octanol–water partition coefficient (Wildman–Crippen LogP) is 2.55. The molecule has 128 valence electrons. The zero-order valence-electron chi connectivity index (χ0n) is 14.3. The Hall–Kier alpha value is -1.40. The van der Waals surface area contributed by atoms with Crippen LogP contribution in [0.25, 0.3) is 0 Å². The minimum absolute atomic E-state index is 0.0300. The van der Waals surface area contributed by atoms with Gasteiger partial charge in [0, 0.05) is 24.7 Å². The number of nitrogens with zero attached hydrogens (tertiary/aromatic N) is 1. The number of carbonyl (C=O) groups is 1. The monoisotopic (exact) mass is 338 g/mol. The van der Waals surface area contributed by atoms with Gasteiger partial charge in [-0.3, -0.25) is 4.79 Å². The summed E-state index contributed by atoms with van der Waals surface area (Å²) in [7, 11) is -3.52. The van der Waals surface area contributed by atoms with Crippen LogP contribution in [0.5, 0.6) is 0 Å². The van der Waals surface area contributed by atoms with Gasteiger partial charge in [0.1, 0.15) is 0 Å². The standard InChI is InChI=1S/C17H26N2O3S/c1-12(2)14(4)18-17(20)15-8-7-13(3)16(11-15)23(21,22)19-9-5-6-10-19/h7-8,11-12,14H,5-6,9-10H2,1-4H3,(H,18,20)/t14-/m1/s1. The van der Waals surface area contributed by atoms with Gasteiger partial charge in [0.15, 0.2) is 0 Å². The van der Waals surface area contributed by atoms with E-state index in [1.54, 1.807) is 19.1 Å². The van der Waals surface area contributed by atoms with Crippen molar-refractivity contribution in [1.82, 2.24) is 9.62 Å². The molecule has 1 amide bonds. The summed E-state index contributed by atoms with van der Waals surface area (Å²) in [4.78, 5) is 12.6. The molecule has 1 atom stereocenters. The van der Waals surface area contributed by atoms with Crippen molar-refractivity contribution >= 4 is 15.9 Å². The van der Waals surface area contributed by atoms with E-state index in [2.05, 4.69) is 5.32 Å². The first-order chi connectivity index (χ1) is 10.7. The van der Waals surface area contributed by atoms with Gasteiger partial charge in [-0.2, -0.15) is 4.31 Å². The Balaban J connectivity index is 2.30. The van der Waals surface area contributed by atoms with Crippen LogP contribution < -0.4 is 5.32 Å². The maximum Gasteiger partial charge on any atom is 0.251 e. The average Bonchev–Trinajstić information content (AvgIpc) is 3.02. The lowest BCUT2D eigenvalue weighted by Gasteiger charge is -2.19. The number of benzene rings is 1.